The van der Waals surface area contributed by atoms with Crippen molar-refractivity contribution in [2.24, 2.45) is 0 Å². The van der Waals surface area contributed by atoms with Crippen LogP contribution in [-0.2, 0) is 17.9 Å². The summed E-state index contributed by atoms with van der Waals surface area (Å²) in [6, 6.07) is 5.37. The zero-order valence-electron chi connectivity index (χ0n) is 14.1. The smallest absolute Gasteiger partial charge is 0.410 e. The molecule has 2 aromatic rings. The van der Waals surface area contributed by atoms with Crippen LogP contribution in [0.25, 0.3) is 0 Å². The second-order valence-electron chi connectivity index (χ2n) is 6.24. The molecular formula is C16H18N4O6S. The Kier molecular flexibility index (Phi) is 5.40. The van der Waals surface area contributed by atoms with Crippen LogP contribution in [0.1, 0.15) is 12.0 Å². The first-order chi connectivity index (χ1) is 12.8. The number of aromatic hydroxyl groups is 1. The zero-order valence-corrected chi connectivity index (χ0v) is 15.0. The van der Waals surface area contributed by atoms with E-state index < -0.39 is 16.7 Å². The van der Waals surface area contributed by atoms with Gasteiger partial charge in [-0.1, -0.05) is 0 Å². The lowest BCUT2D eigenvalue weighted by Crippen LogP contribution is -2.40. The minimum Gasteiger partial charge on any atom is -0.493 e. The fraction of sp³-hybridized carbons (Fsp3) is 0.375. The van der Waals surface area contributed by atoms with Gasteiger partial charge in [-0.15, -0.1) is 0 Å². The van der Waals surface area contributed by atoms with Crippen molar-refractivity contribution in [2.75, 3.05) is 6.54 Å². The van der Waals surface area contributed by atoms with Gasteiger partial charge in [-0.3, -0.25) is 14.7 Å². The second kappa shape index (κ2) is 7.74. The van der Waals surface area contributed by atoms with Gasteiger partial charge in [0.15, 0.2) is 0 Å². The van der Waals surface area contributed by atoms with Crippen LogP contribution in [0.4, 0.5) is 10.5 Å². The number of H-pyrrole nitrogens is 1. The number of hydrogen-bond acceptors (Lipinski definition) is 7. The molecule has 0 saturated carbocycles. The Hall–Kier alpha value is -2.95. The molecule has 1 fully saturated rings. The van der Waals surface area contributed by atoms with Crippen molar-refractivity contribution in [3.05, 3.63) is 56.6 Å². The van der Waals surface area contributed by atoms with Crippen LogP contribution in [0.2, 0.25) is 0 Å². The highest BCUT2D eigenvalue weighted by Gasteiger charge is 2.35. The molecule has 2 N–H and O–H groups in total. The van der Waals surface area contributed by atoms with E-state index in [2.05, 4.69) is 17.6 Å². The largest absolute Gasteiger partial charge is 0.493 e. The van der Waals surface area contributed by atoms with E-state index in [0.717, 1.165) is 4.57 Å². The monoisotopic (exact) mass is 394 g/mol. The molecule has 144 valence electrons. The molecule has 11 heteroatoms. The van der Waals surface area contributed by atoms with Gasteiger partial charge >= 0.3 is 11.8 Å². The quantitative estimate of drug-likeness (QED) is 0.400. The predicted molar refractivity (Wildman–Crippen MR) is 97.9 cm³/mol. The number of benzene rings is 1. The number of aromatic amines is 1. The van der Waals surface area contributed by atoms with E-state index in [9.17, 15) is 24.8 Å². The Morgan fingerprint density at radius 1 is 1.41 bits per heavy atom. The average Bonchev–Trinajstić information content (AvgIpc) is 3.17. The SMILES string of the molecule is O=C(OCc1ccc([N+](=O)[O-])cc1)N1C[C@@H](S)C[C@H]1Cn1c(O)c[nH]c1=O. The highest BCUT2D eigenvalue weighted by Crippen LogP contribution is 2.25. The molecule has 2 heterocycles. The van der Waals surface area contributed by atoms with Gasteiger partial charge in [-0.2, -0.15) is 12.6 Å². The number of hydrogen-bond donors (Lipinski definition) is 3. The summed E-state index contributed by atoms with van der Waals surface area (Å²) in [4.78, 5) is 38.2. The molecule has 10 nitrogen and oxygen atoms in total. The maximum absolute atomic E-state index is 12.5. The molecule has 1 aromatic heterocycles. The summed E-state index contributed by atoms with van der Waals surface area (Å²) in [5.74, 6) is -0.207. The summed E-state index contributed by atoms with van der Waals surface area (Å²) >= 11 is 4.41. The molecule has 0 bridgehead atoms. The van der Waals surface area contributed by atoms with Crippen LogP contribution in [0.15, 0.2) is 35.3 Å². The Bertz CT molecular complexity index is 893. The zero-order chi connectivity index (χ0) is 19.6. The first-order valence-corrected chi connectivity index (χ1v) is 8.68. The first kappa shape index (κ1) is 18.8. The number of nitro benzene ring substituents is 1. The Balaban J connectivity index is 1.63. The maximum Gasteiger partial charge on any atom is 0.410 e. The molecular weight excluding hydrogens is 376 g/mol. The van der Waals surface area contributed by atoms with E-state index in [-0.39, 0.29) is 36.0 Å². The number of amides is 1. The fourth-order valence-corrected chi connectivity index (χ4v) is 3.42. The number of imidazole rings is 1. The Labute approximate surface area is 158 Å². The van der Waals surface area contributed by atoms with Crippen LogP contribution in [0.3, 0.4) is 0 Å². The number of rotatable bonds is 5. The normalized spacial score (nSPS) is 19.2. The number of thiol groups is 1. The molecule has 27 heavy (non-hydrogen) atoms. The van der Waals surface area contributed by atoms with Gasteiger partial charge in [0.05, 0.1) is 23.7 Å². The van der Waals surface area contributed by atoms with Crippen LogP contribution >= 0.6 is 12.6 Å². The predicted octanol–water partition coefficient (Wildman–Crippen LogP) is 1.50. The number of carbonyl (C=O) groups is 1. The molecule has 1 saturated heterocycles. The van der Waals surface area contributed by atoms with Crippen LogP contribution < -0.4 is 5.69 Å². The molecule has 0 spiro atoms. The summed E-state index contributed by atoms with van der Waals surface area (Å²) in [7, 11) is 0. The van der Waals surface area contributed by atoms with E-state index in [1.165, 1.54) is 35.4 Å². The lowest BCUT2D eigenvalue weighted by molar-refractivity contribution is -0.384. The third-order valence-electron chi connectivity index (χ3n) is 4.38. The molecule has 1 aliphatic rings. The molecule has 0 radical (unpaired) electrons. The van der Waals surface area contributed by atoms with Crippen molar-refractivity contribution in [3.63, 3.8) is 0 Å². The van der Waals surface area contributed by atoms with Gasteiger partial charge in [0.1, 0.15) is 6.61 Å². The van der Waals surface area contributed by atoms with Crippen molar-refractivity contribution < 1.29 is 19.6 Å². The van der Waals surface area contributed by atoms with E-state index in [1.807, 2.05) is 0 Å². The van der Waals surface area contributed by atoms with Crippen LogP contribution in [0.5, 0.6) is 5.88 Å². The lowest BCUT2D eigenvalue weighted by atomic mass is 10.2. The number of non-ortho nitro benzene ring substituents is 1. The van der Waals surface area contributed by atoms with Crippen molar-refractivity contribution in [2.45, 2.75) is 30.9 Å². The minimum atomic E-state index is -0.571. The minimum absolute atomic E-state index is 0.0351. The molecule has 0 unspecified atom stereocenters. The van der Waals surface area contributed by atoms with E-state index in [1.54, 1.807) is 0 Å². The summed E-state index contributed by atoms with van der Waals surface area (Å²) < 4.78 is 6.44. The van der Waals surface area contributed by atoms with E-state index in [0.29, 0.717) is 18.5 Å². The highest BCUT2D eigenvalue weighted by atomic mass is 32.1. The Morgan fingerprint density at radius 3 is 2.70 bits per heavy atom. The number of nitrogens with one attached hydrogen (secondary N) is 1. The summed E-state index contributed by atoms with van der Waals surface area (Å²) in [5, 5.41) is 20.3. The van der Waals surface area contributed by atoms with Crippen molar-refractivity contribution in [3.8, 4) is 5.88 Å². The van der Waals surface area contributed by atoms with Crippen LogP contribution in [0, 0.1) is 10.1 Å². The number of ether oxygens (including phenoxy) is 1. The summed E-state index contributed by atoms with van der Waals surface area (Å²) in [5.41, 5.74) is 0.111. The summed E-state index contributed by atoms with van der Waals surface area (Å²) in [6.45, 7) is 0.442. The molecule has 3 rings (SSSR count). The van der Waals surface area contributed by atoms with Gasteiger partial charge < -0.3 is 19.7 Å². The van der Waals surface area contributed by atoms with Gasteiger partial charge in [-0.25, -0.2) is 9.59 Å². The van der Waals surface area contributed by atoms with Crippen molar-refractivity contribution >= 4 is 24.4 Å². The van der Waals surface area contributed by atoms with Gasteiger partial charge in [0.2, 0.25) is 5.88 Å². The molecule has 0 aliphatic carbocycles. The Morgan fingerprint density at radius 2 is 2.11 bits per heavy atom. The lowest BCUT2D eigenvalue weighted by Gasteiger charge is -2.24. The molecule has 2 atom stereocenters. The maximum atomic E-state index is 12.5. The molecule has 1 aliphatic heterocycles. The number of aromatic nitrogens is 2. The first-order valence-electron chi connectivity index (χ1n) is 8.17. The van der Waals surface area contributed by atoms with Crippen molar-refractivity contribution in [1.29, 1.82) is 0 Å². The number of likely N-dealkylation sites (tertiary alicyclic amines) is 1. The number of nitrogens with zero attached hydrogens (tertiary/aromatic N) is 3. The van der Waals surface area contributed by atoms with E-state index in [4.69, 9.17) is 4.74 Å². The van der Waals surface area contributed by atoms with Crippen molar-refractivity contribution in [1.82, 2.24) is 14.5 Å². The third-order valence-corrected chi connectivity index (χ3v) is 4.75. The molecule has 1 aromatic carbocycles. The fourth-order valence-electron chi connectivity index (χ4n) is 3.00. The number of carbonyl (C=O) groups excluding carboxylic acids is 1. The highest BCUT2D eigenvalue weighted by molar-refractivity contribution is 7.81. The van der Waals surface area contributed by atoms with Gasteiger partial charge in [-0.05, 0) is 24.1 Å². The number of nitro groups is 1. The summed E-state index contributed by atoms with van der Waals surface area (Å²) in [6.07, 6.45) is 1.16. The van der Waals surface area contributed by atoms with Gasteiger partial charge in [0, 0.05) is 23.9 Å². The third kappa shape index (κ3) is 4.25. The standard InChI is InChI=1S/C16H18N4O6S/c21-14-6-17-15(22)19(14)7-12-5-13(27)8-18(12)16(23)26-9-10-1-3-11(4-2-10)20(24)25/h1-4,6,12-13,21,27H,5,7-9H2,(H,17,22)/t12-,13-/m0/s1. The molecule has 1 amide bonds. The van der Waals surface area contributed by atoms with E-state index >= 15 is 0 Å². The van der Waals surface area contributed by atoms with Crippen LogP contribution in [-0.4, -0.2) is 48.4 Å². The average molecular weight is 394 g/mol. The van der Waals surface area contributed by atoms with Gasteiger partial charge in [0.25, 0.3) is 5.69 Å². The topological polar surface area (TPSA) is 131 Å². The second-order valence-corrected chi connectivity index (χ2v) is 6.97.